The highest BCUT2D eigenvalue weighted by atomic mass is 16.1. The van der Waals surface area contributed by atoms with Crippen molar-refractivity contribution in [2.24, 2.45) is 0 Å². The lowest BCUT2D eigenvalue weighted by molar-refractivity contribution is -0.115. The van der Waals surface area contributed by atoms with E-state index >= 15 is 0 Å². The summed E-state index contributed by atoms with van der Waals surface area (Å²) in [5.74, 6) is 0.464. The smallest absolute Gasteiger partial charge is 0.229 e. The van der Waals surface area contributed by atoms with E-state index < -0.39 is 0 Å². The molecule has 0 spiro atoms. The molecular weight excluding hydrogens is 226 g/mol. The van der Waals surface area contributed by atoms with Crippen LogP contribution in [-0.2, 0) is 11.2 Å². The van der Waals surface area contributed by atoms with E-state index in [1.807, 2.05) is 25.1 Å². The number of hydrogen-bond acceptors (Lipinski definition) is 3. The van der Waals surface area contributed by atoms with Crippen LogP contribution < -0.4 is 11.1 Å². The summed E-state index contributed by atoms with van der Waals surface area (Å²) in [5, 5.41) is 2.75. The number of amides is 1. The van der Waals surface area contributed by atoms with Gasteiger partial charge in [0.05, 0.1) is 6.42 Å². The largest absolute Gasteiger partial charge is 0.399 e. The van der Waals surface area contributed by atoms with Crippen LogP contribution in [0.15, 0.2) is 42.6 Å². The molecule has 3 N–H and O–H groups in total. The lowest BCUT2D eigenvalue weighted by atomic mass is 10.1. The number of anilines is 2. The summed E-state index contributed by atoms with van der Waals surface area (Å²) in [4.78, 5) is 15.9. The second-order valence-corrected chi connectivity index (χ2v) is 4.19. The number of carbonyl (C=O) groups is 1. The van der Waals surface area contributed by atoms with E-state index in [4.69, 9.17) is 5.73 Å². The molecule has 1 aromatic heterocycles. The lowest BCUT2D eigenvalue weighted by Gasteiger charge is -2.05. The first-order valence-corrected chi connectivity index (χ1v) is 5.70. The number of pyridine rings is 1. The number of nitrogens with zero attached hydrogens (tertiary/aromatic N) is 1. The molecule has 0 bridgehead atoms. The highest BCUT2D eigenvalue weighted by molar-refractivity contribution is 5.91. The minimum absolute atomic E-state index is 0.100. The van der Waals surface area contributed by atoms with Crippen LogP contribution in [-0.4, -0.2) is 10.9 Å². The highest BCUT2D eigenvalue weighted by Crippen LogP contribution is 2.09. The van der Waals surface area contributed by atoms with Crippen LogP contribution in [0.1, 0.15) is 11.1 Å². The number of carbonyl (C=O) groups excluding carboxylic acids is 1. The van der Waals surface area contributed by atoms with Crippen molar-refractivity contribution in [3.8, 4) is 0 Å². The van der Waals surface area contributed by atoms with E-state index in [1.54, 1.807) is 24.4 Å². The van der Waals surface area contributed by atoms with Gasteiger partial charge < -0.3 is 11.1 Å². The molecular formula is C14H15N3O. The average molecular weight is 241 g/mol. The van der Waals surface area contributed by atoms with Crippen molar-refractivity contribution in [1.82, 2.24) is 4.98 Å². The molecule has 4 heteroatoms. The molecule has 0 saturated heterocycles. The van der Waals surface area contributed by atoms with Gasteiger partial charge in [0.1, 0.15) is 5.82 Å². The summed E-state index contributed by atoms with van der Waals surface area (Å²) < 4.78 is 0. The zero-order valence-electron chi connectivity index (χ0n) is 10.2. The fraction of sp³-hybridized carbons (Fsp3) is 0.143. The van der Waals surface area contributed by atoms with Gasteiger partial charge in [-0.1, -0.05) is 18.2 Å². The summed E-state index contributed by atoms with van der Waals surface area (Å²) in [5.41, 5.74) is 8.27. The number of benzene rings is 1. The molecule has 2 aromatic rings. The third kappa shape index (κ3) is 3.31. The fourth-order valence-electron chi connectivity index (χ4n) is 1.62. The number of nitrogens with one attached hydrogen (secondary N) is 1. The fourth-order valence-corrected chi connectivity index (χ4v) is 1.62. The third-order valence-corrected chi connectivity index (χ3v) is 2.49. The molecule has 0 aliphatic carbocycles. The quantitative estimate of drug-likeness (QED) is 0.809. The Labute approximate surface area is 106 Å². The van der Waals surface area contributed by atoms with E-state index in [0.717, 1.165) is 11.1 Å². The third-order valence-electron chi connectivity index (χ3n) is 2.49. The van der Waals surface area contributed by atoms with E-state index in [9.17, 15) is 4.79 Å². The number of aromatic nitrogens is 1. The first-order valence-electron chi connectivity index (χ1n) is 5.70. The maximum absolute atomic E-state index is 11.8. The van der Waals surface area contributed by atoms with Gasteiger partial charge in [-0.3, -0.25) is 4.79 Å². The van der Waals surface area contributed by atoms with Crippen LogP contribution in [0, 0.1) is 6.92 Å². The highest BCUT2D eigenvalue weighted by Gasteiger charge is 2.04. The van der Waals surface area contributed by atoms with E-state index in [0.29, 0.717) is 17.9 Å². The van der Waals surface area contributed by atoms with Gasteiger partial charge in [0.15, 0.2) is 0 Å². The standard InChI is InChI=1S/C14H15N3O/c1-10-5-6-13(16-9-10)17-14(18)8-11-3-2-4-12(15)7-11/h2-7,9H,8,15H2,1H3,(H,16,17,18). The minimum atomic E-state index is -0.100. The predicted octanol–water partition coefficient (Wildman–Crippen LogP) is 2.15. The van der Waals surface area contributed by atoms with Crippen molar-refractivity contribution in [2.45, 2.75) is 13.3 Å². The first kappa shape index (κ1) is 12.1. The van der Waals surface area contributed by atoms with Crippen LogP contribution in [0.4, 0.5) is 11.5 Å². The summed E-state index contributed by atoms with van der Waals surface area (Å²) in [6.45, 7) is 1.95. The van der Waals surface area contributed by atoms with Crippen LogP contribution in [0.2, 0.25) is 0 Å². The Kier molecular flexibility index (Phi) is 3.57. The van der Waals surface area contributed by atoms with Crippen molar-refractivity contribution in [2.75, 3.05) is 11.1 Å². The van der Waals surface area contributed by atoms with Crippen molar-refractivity contribution in [1.29, 1.82) is 0 Å². The van der Waals surface area contributed by atoms with Gasteiger partial charge in [-0.05, 0) is 36.2 Å². The van der Waals surface area contributed by atoms with Crippen molar-refractivity contribution in [3.05, 3.63) is 53.7 Å². The Hall–Kier alpha value is -2.36. The molecule has 0 radical (unpaired) electrons. The monoisotopic (exact) mass is 241 g/mol. The Morgan fingerprint density at radius 3 is 2.83 bits per heavy atom. The van der Waals surface area contributed by atoms with Gasteiger partial charge in [-0.2, -0.15) is 0 Å². The van der Waals surface area contributed by atoms with Crippen LogP contribution in [0.5, 0.6) is 0 Å². The summed E-state index contributed by atoms with van der Waals surface area (Å²) in [6, 6.07) is 11.0. The molecule has 1 aromatic carbocycles. The Morgan fingerprint density at radius 2 is 2.17 bits per heavy atom. The number of aryl methyl sites for hydroxylation is 1. The summed E-state index contributed by atoms with van der Waals surface area (Å²) >= 11 is 0. The maximum Gasteiger partial charge on any atom is 0.229 e. The molecule has 0 unspecified atom stereocenters. The molecule has 0 atom stereocenters. The van der Waals surface area contributed by atoms with Gasteiger partial charge in [0.2, 0.25) is 5.91 Å². The molecule has 4 nitrogen and oxygen atoms in total. The second-order valence-electron chi connectivity index (χ2n) is 4.19. The Balaban J connectivity index is 1.98. The Bertz CT molecular complexity index is 549. The van der Waals surface area contributed by atoms with E-state index in [1.165, 1.54) is 0 Å². The zero-order valence-corrected chi connectivity index (χ0v) is 10.2. The van der Waals surface area contributed by atoms with Gasteiger partial charge in [-0.15, -0.1) is 0 Å². The van der Waals surface area contributed by atoms with Gasteiger partial charge >= 0.3 is 0 Å². The van der Waals surface area contributed by atoms with Crippen molar-refractivity contribution < 1.29 is 4.79 Å². The molecule has 0 aliphatic rings. The van der Waals surface area contributed by atoms with Crippen LogP contribution in [0.3, 0.4) is 0 Å². The van der Waals surface area contributed by atoms with Gasteiger partial charge in [0, 0.05) is 11.9 Å². The minimum Gasteiger partial charge on any atom is -0.399 e. The molecule has 0 fully saturated rings. The molecule has 1 heterocycles. The first-order chi connectivity index (χ1) is 8.63. The second kappa shape index (κ2) is 5.31. The zero-order chi connectivity index (χ0) is 13.0. The van der Waals surface area contributed by atoms with Crippen molar-refractivity contribution in [3.63, 3.8) is 0 Å². The molecule has 1 amide bonds. The van der Waals surface area contributed by atoms with Gasteiger partial charge in [0.25, 0.3) is 0 Å². The molecule has 18 heavy (non-hydrogen) atoms. The van der Waals surface area contributed by atoms with E-state index in [-0.39, 0.29) is 5.91 Å². The molecule has 92 valence electrons. The molecule has 0 saturated carbocycles. The van der Waals surface area contributed by atoms with E-state index in [2.05, 4.69) is 10.3 Å². The average Bonchev–Trinajstić information content (AvgIpc) is 2.32. The molecule has 0 aliphatic heterocycles. The normalized spacial score (nSPS) is 10.1. The number of hydrogen-bond donors (Lipinski definition) is 2. The SMILES string of the molecule is Cc1ccc(NC(=O)Cc2cccc(N)c2)nc1. The predicted molar refractivity (Wildman–Crippen MR) is 72.2 cm³/mol. The Morgan fingerprint density at radius 1 is 1.33 bits per heavy atom. The van der Waals surface area contributed by atoms with Gasteiger partial charge in [-0.25, -0.2) is 4.98 Å². The maximum atomic E-state index is 11.8. The lowest BCUT2D eigenvalue weighted by Crippen LogP contribution is -2.15. The van der Waals surface area contributed by atoms with Crippen LogP contribution in [0.25, 0.3) is 0 Å². The topological polar surface area (TPSA) is 68.0 Å². The number of nitrogens with two attached hydrogens (primary N) is 1. The summed E-state index contributed by atoms with van der Waals surface area (Å²) in [7, 11) is 0. The van der Waals surface area contributed by atoms with Crippen LogP contribution >= 0.6 is 0 Å². The molecule has 2 rings (SSSR count). The summed E-state index contributed by atoms with van der Waals surface area (Å²) in [6.07, 6.45) is 2.01. The number of rotatable bonds is 3. The number of nitrogen functional groups attached to an aromatic ring is 1. The van der Waals surface area contributed by atoms with Crippen molar-refractivity contribution >= 4 is 17.4 Å².